The molecule has 2 fully saturated rings. The van der Waals surface area contributed by atoms with Gasteiger partial charge in [0.25, 0.3) is 0 Å². The minimum atomic E-state index is -0.246. The Bertz CT molecular complexity index is 161. The second kappa shape index (κ2) is 3.32. The summed E-state index contributed by atoms with van der Waals surface area (Å²) in [7, 11) is 0. The van der Waals surface area contributed by atoms with E-state index >= 15 is 0 Å². The number of aliphatic hydroxyl groups excluding tert-OH is 1. The highest BCUT2D eigenvalue weighted by molar-refractivity contribution is 4.93. The summed E-state index contributed by atoms with van der Waals surface area (Å²) in [5, 5.41) is 12.4. The van der Waals surface area contributed by atoms with Crippen molar-refractivity contribution in [2.24, 2.45) is 0 Å². The lowest BCUT2D eigenvalue weighted by Gasteiger charge is -2.20. The van der Waals surface area contributed by atoms with Crippen molar-refractivity contribution in [2.75, 3.05) is 6.54 Å². The van der Waals surface area contributed by atoms with E-state index < -0.39 is 0 Å². The Labute approximate surface area is 73.1 Å². The Hall–Kier alpha value is -0.120. The van der Waals surface area contributed by atoms with Crippen molar-refractivity contribution in [2.45, 2.75) is 50.5 Å². The molecule has 4 atom stereocenters. The fraction of sp³-hybridized carbons (Fsp3) is 1.00. The standard InChI is InChI=1S/C9H17NO2/c1-6(11)5-10-8-4-7-2-3-9(8)12-7/h6-11H,2-5H2,1H3. The van der Waals surface area contributed by atoms with Gasteiger partial charge in [-0.3, -0.25) is 0 Å². The number of ether oxygens (including phenoxy) is 1. The number of hydrogen-bond acceptors (Lipinski definition) is 3. The van der Waals surface area contributed by atoms with E-state index in [1.54, 1.807) is 6.92 Å². The second-order valence-corrected chi connectivity index (χ2v) is 3.97. The van der Waals surface area contributed by atoms with Crippen LogP contribution < -0.4 is 5.32 Å². The summed E-state index contributed by atoms with van der Waals surface area (Å²) in [5.41, 5.74) is 0. The first kappa shape index (κ1) is 8.48. The molecule has 0 amide bonds. The molecule has 12 heavy (non-hydrogen) atoms. The molecule has 2 bridgehead atoms. The highest BCUT2D eigenvalue weighted by atomic mass is 16.5. The quantitative estimate of drug-likeness (QED) is 0.640. The van der Waals surface area contributed by atoms with Crippen molar-refractivity contribution >= 4 is 0 Å². The van der Waals surface area contributed by atoms with Crippen LogP contribution in [-0.4, -0.2) is 36.0 Å². The van der Waals surface area contributed by atoms with E-state index in [1.165, 1.54) is 12.8 Å². The number of rotatable bonds is 3. The SMILES string of the molecule is CC(O)CNC1CC2CCC1O2. The summed E-state index contributed by atoms with van der Waals surface area (Å²) in [4.78, 5) is 0. The molecule has 0 aromatic rings. The highest BCUT2D eigenvalue weighted by Gasteiger charge is 2.40. The van der Waals surface area contributed by atoms with Crippen LogP contribution in [0.25, 0.3) is 0 Å². The van der Waals surface area contributed by atoms with Crippen molar-refractivity contribution in [1.29, 1.82) is 0 Å². The van der Waals surface area contributed by atoms with Crippen molar-refractivity contribution in [3.8, 4) is 0 Å². The van der Waals surface area contributed by atoms with E-state index in [4.69, 9.17) is 9.84 Å². The van der Waals surface area contributed by atoms with Gasteiger partial charge in [0.15, 0.2) is 0 Å². The Morgan fingerprint density at radius 2 is 2.42 bits per heavy atom. The van der Waals surface area contributed by atoms with E-state index in [9.17, 15) is 0 Å². The first-order chi connectivity index (χ1) is 5.75. The van der Waals surface area contributed by atoms with Gasteiger partial charge in [0.2, 0.25) is 0 Å². The maximum atomic E-state index is 9.08. The smallest absolute Gasteiger partial charge is 0.0733 e. The zero-order valence-corrected chi connectivity index (χ0v) is 7.49. The van der Waals surface area contributed by atoms with Gasteiger partial charge in [-0.2, -0.15) is 0 Å². The van der Waals surface area contributed by atoms with Crippen LogP contribution in [0.2, 0.25) is 0 Å². The fourth-order valence-corrected chi connectivity index (χ4v) is 2.17. The number of aliphatic hydroxyl groups is 1. The van der Waals surface area contributed by atoms with E-state index in [2.05, 4.69) is 5.32 Å². The van der Waals surface area contributed by atoms with Gasteiger partial charge in [-0.05, 0) is 26.2 Å². The lowest BCUT2D eigenvalue weighted by molar-refractivity contribution is 0.0950. The molecule has 0 spiro atoms. The molecule has 2 aliphatic heterocycles. The van der Waals surface area contributed by atoms with Crippen LogP contribution in [0.4, 0.5) is 0 Å². The third-order valence-electron chi connectivity index (χ3n) is 2.78. The van der Waals surface area contributed by atoms with Gasteiger partial charge in [0.1, 0.15) is 0 Å². The van der Waals surface area contributed by atoms with Gasteiger partial charge in [0, 0.05) is 12.6 Å². The molecule has 2 aliphatic rings. The van der Waals surface area contributed by atoms with E-state index in [1.807, 2.05) is 0 Å². The third-order valence-corrected chi connectivity index (χ3v) is 2.78. The molecule has 2 saturated heterocycles. The fourth-order valence-electron chi connectivity index (χ4n) is 2.17. The molecule has 2 N–H and O–H groups in total. The van der Waals surface area contributed by atoms with Crippen LogP contribution in [0.3, 0.4) is 0 Å². The molecule has 3 nitrogen and oxygen atoms in total. The average Bonchev–Trinajstić information content (AvgIpc) is 2.60. The zero-order chi connectivity index (χ0) is 8.55. The summed E-state index contributed by atoms with van der Waals surface area (Å²) in [6, 6.07) is 0.498. The molecule has 0 saturated carbocycles. The van der Waals surface area contributed by atoms with Gasteiger partial charge in [0.05, 0.1) is 18.3 Å². The van der Waals surface area contributed by atoms with E-state index in [0.29, 0.717) is 24.8 Å². The summed E-state index contributed by atoms with van der Waals surface area (Å²) < 4.78 is 5.67. The Morgan fingerprint density at radius 1 is 1.58 bits per heavy atom. The summed E-state index contributed by atoms with van der Waals surface area (Å²) in [5.74, 6) is 0. The van der Waals surface area contributed by atoms with Crippen LogP contribution in [0.15, 0.2) is 0 Å². The second-order valence-electron chi connectivity index (χ2n) is 3.97. The molecular weight excluding hydrogens is 154 g/mol. The minimum Gasteiger partial charge on any atom is -0.392 e. The number of hydrogen-bond donors (Lipinski definition) is 2. The van der Waals surface area contributed by atoms with Crippen molar-refractivity contribution in [3.63, 3.8) is 0 Å². The first-order valence-corrected chi connectivity index (χ1v) is 4.82. The monoisotopic (exact) mass is 171 g/mol. The molecule has 0 aromatic heterocycles. The molecular formula is C9H17NO2. The predicted octanol–water partition coefficient (Wildman–Crippen LogP) is 0.277. The summed E-state index contributed by atoms with van der Waals surface area (Å²) in [6.45, 7) is 2.50. The third kappa shape index (κ3) is 1.63. The van der Waals surface area contributed by atoms with Crippen LogP contribution in [0.1, 0.15) is 26.2 Å². The molecule has 4 unspecified atom stereocenters. The Morgan fingerprint density at radius 3 is 2.92 bits per heavy atom. The molecule has 0 aliphatic carbocycles. The van der Waals surface area contributed by atoms with Crippen molar-refractivity contribution in [1.82, 2.24) is 5.32 Å². The zero-order valence-electron chi connectivity index (χ0n) is 7.49. The minimum absolute atomic E-state index is 0.246. The number of fused-ring (bicyclic) bond motifs is 2. The van der Waals surface area contributed by atoms with Gasteiger partial charge in [-0.15, -0.1) is 0 Å². The van der Waals surface area contributed by atoms with Crippen LogP contribution in [-0.2, 0) is 4.74 Å². The van der Waals surface area contributed by atoms with Crippen molar-refractivity contribution in [3.05, 3.63) is 0 Å². The summed E-state index contributed by atoms with van der Waals surface area (Å²) in [6.07, 6.45) is 4.25. The first-order valence-electron chi connectivity index (χ1n) is 4.82. The van der Waals surface area contributed by atoms with Crippen LogP contribution in [0.5, 0.6) is 0 Å². The van der Waals surface area contributed by atoms with Gasteiger partial charge >= 0.3 is 0 Å². The van der Waals surface area contributed by atoms with Crippen molar-refractivity contribution < 1.29 is 9.84 Å². The predicted molar refractivity (Wildman–Crippen MR) is 46.0 cm³/mol. The lowest BCUT2D eigenvalue weighted by atomic mass is 9.95. The number of nitrogens with one attached hydrogen (secondary N) is 1. The van der Waals surface area contributed by atoms with E-state index in [0.717, 1.165) is 6.42 Å². The Kier molecular flexibility index (Phi) is 2.35. The highest BCUT2D eigenvalue weighted by Crippen LogP contribution is 2.34. The molecule has 2 rings (SSSR count). The largest absolute Gasteiger partial charge is 0.392 e. The normalized spacial score (nSPS) is 42.0. The van der Waals surface area contributed by atoms with Gasteiger partial charge in [-0.25, -0.2) is 0 Å². The molecule has 2 heterocycles. The topological polar surface area (TPSA) is 41.5 Å². The molecule has 3 heteroatoms. The van der Waals surface area contributed by atoms with Gasteiger partial charge in [-0.1, -0.05) is 0 Å². The van der Waals surface area contributed by atoms with Crippen LogP contribution in [0, 0.1) is 0 Å². The molecule has 70 valence electrons. The maximum Gasteiger partial charge on any atom is 0.0733 e. The van der Waals surface area contributed by atoms with E-state index in [-0.39, 0.29) is 6.10 Å². The Balaban J connectivity index is 1.76. The van der Waals surface area contributed by atoms with Gasteiger partial charge < -0.3 is 15.2 Å². The van der Waals surface area contributed by atoms with Crippen LogP contribution >= 0.6 is 0 Å². The molecule has 0 radical (unpaired) electrons. The summed E-state index contributed by atoms with van der Waals surface area (Å²) >= 11 is 0. The molecule has 0 aromatic carbocycles. The maximum absolute atomic E-state index is 9.08. The average molecular weight is 171 g/mol. The lowest BCUT2D eigenvalue weighted by Crippen LogP contribution is -2.40.